The van der Waals surface area contributed by atoms with Crippen molar-refractivity contribution in [1.82, 2.24) is 9.97 Å². The quantitative estimate of drug-likeness (QED) is 0.165. The minimum Gasteiger partial charge on any atom is -0.501 e. The van der Waals surface area contributed by atoms with Gasteiger partial charge >= 0.3 is 0 Å². The van der Waals surface area contributed by atoms with E-state index in [1.165, 1.54) is 17.3 Å². The molecule has 6 aromatic carbocycles. The molecule has 5 nitrogen and oxygen atoms in total. The monoisotopic (exact) mass is 906 g/mol. The van der Waals surface area contributed by atoms with Crippen molar-refractivity contribution in [3.63, 3.8) is 0 Å². The summed E-state index contributed by atoms with van der Waals surface area (Å²) in [5.74, 6) is 0. The number of nitrogens with zero attached hydrogens (tertiary/aromatic N) is 2. The standard InChI is InChI=1S/C32H22NO2.C18H12NO.Ir/c1-32(2,21-8-4-3-5-9-21)22-16-17-33-26(19-22)20-12-14-28-25(18-20)30-29(34-28)15-13-24-23-10-6-7-11-27(23)35-31(24)30;1-12-9-10-16(19-11-12)15-7-4-6-14-13-5-2-3-8-17(13)20-18(14)15;/h3-11,13-19H,1-2H3;2-6,8-11H,1H3;/q2*-1;/i;1D3;. The van der Waals surface area contributed by atoms with Gasteiger partial charge in [-0.25, -0.2) is 0 Å². The second kappa shape index (κ2) is 14.1. The van der Waals surface area contributed by atoms with Gasteiger partial charge in [-0.1, -0.05) is 115 Å². The molecule has 273 valence electrons. The number of aromatic nitrogens is 2. The van der Waals surface area contributed by atoms with E-state index in [1.807, 2.05) is 72.9 Å². The van der Waals surface area contributed by atoms with Crippen LogP contribution in [0.5, 0.6) is 0 Å². The molecule has 0 unspecified atom stereocenters. The molecular weight excluding hydrogens is 869 g/mol. The summed E-state index contributed by atoms with van der Waals surface area (Å²) in [5, 5.41) is 6.24. The minimum atomic E-state index is -2.15. The Balaban J connectivity index is 0.000000163. The van der Waals surface area contributed by atoms with Crippen molar-refractivity contribution < 1.29 is 37.5 Å². The number of fused-ring (bicyclic) bond motifs is 10. The Hall–Kier alpha value is -6.33. The number of pyridine rings is 2. The van der Waals surface area contributed by atoms with E-state index in [0.717, 1.165) is 77.1 Å². The molecule has 6 heteroatoms. The molecule has 56 heavy (non-hydrogen) atoms. The zero-order valence-electron chi connectivity index (χ0n) is 33.4. The van der Waals surface area contributed by atoms with Crippen LogP contribution in [-0.2, 0) is 25.5 Å². The summed E-state index contributed by atoms with van der Waals surface area (Å²) < 4.78 is 40.7. The molecule has 0 fully saturated rings. The van der Waals surface area contributed by atoms with Gasteiger partial charge in [-0.05, 0) is 65.3 Å². The number of furan rings is 3. The van der Waals surface area contributed by atoms with Crippen LogP contribution in [0.4, 0.5) is 0 Å². The van der Waals surface area contributed by atoms with E-state index in [4.69, 9.17) is 22.3 Å². The van der Waals surface area contributed by atoms with Gasteiger partial charge in [0.15, 0.2) is 0 Å². The van der Waals surface area contributed by atoms with E-state index in [1.54, 1.807) is 12.1 Å². The van der Waals surface area contributed by atoms with Crippen molar-refractivity contribution in [2.24, 2.45) is 0 Å². The fraction of sp³-hybridized carbons (Fsp3) is 0.0800. The number of benzene rings is 6. The first kappa shape index (κ1) is 32.0. The fourth-order valence-electron chi connectivity index (χ4n) is 7.55. The Morgan fingerprint density at radius 1 is 0.571 bits per heavy atom. The zero-order chi connectivity index (χ0) is 39.6. The van der Waals surface area contributed by atoms with Gasteiger partial charge in [0.1, 0.15) is 22.3 Å². The van der Waals surface area contributed by atoms with Crippen LogP contribution in [0.1, 0.15) is 34.7 Å². The Labute approximate surface area is 341 Å². The number of aryl methyl sites for hydroxylation is 1. The van der Waals surface area contributed by atoms with Crippen LogP contribution in [0.2, 0.25) is 0 Å². The molecular formula is C50H34IrN2O3-2. The van der Waals surface area contributed by atoms with Gasteiger partial charge in [0.25, 0.3) is 0 Å². The van der Waals surface area contributed by atoms with Crippen LogP contribution in [0.15, 0.2) is 165 Å². The van der Waals surface area contributed by atoms with Crippen molar-refractivity contribution in [1.29, 1.82) is 0 Å². The van der Waals surface area contributed by atoms with Gasteiger partial charge in [-0.3, -0.25) is 0 Å². The average Bonchev–Trinajstić information content (AvgIpc) is 3.95. The van der Waals surface area contributed by atoms with E-state index in [-0.39, 0.29) is 31.1 Å². The van der Waals surface area contributed by atoms with Crippen LogP contribution in [-0.4, -0.2) is 9.97 Å². The van der Waals surface area contributed by atoms with Gasteiger partial charge in [0.05, 0.1) is 16.6 Å². The molecule has 0 bridgehead atoms. The van der Waals surface area contributed by atoms with E-state index in [9.17, 15) is 0 Å². The molecule has 0 saturated heterocycles. The maximum absolute atomic E-state index is 7.42. The predicted molar refractivity (Wildman–Crippen MR) is 222 cm³/mol. The molecule has 5 aromatic heterocycles. The summed E-state index contributed by atoms with van der Waals surface area (Å²) in [5.41, 5.74) is 10.6. The molecule has 0 aliphatic heterocycles. The van der Waals surface area contributed by atoms with E-state index in [2.05, 4.69) is 91.6 Å². The Morgan fingerprint density at radius 3 is 2.05 bits per heavy atom. The topological polar surface area (TPSA) is 65.2 Å². The van der Waals surface area contributed by atoms with Gasteiger partial charge in [0, 0.05) is 58.2 Å². The molecule has 0 spiro atoms. The van der Waals surface area contributed by atoms with Crippen LogP contribution in [0, 0.1) is 19.0 Å². The molecule has 0 aliphatic carbocycles. The van der Waals surface area contributed by atoms with Gasteiger partial charge < -0.3 is 23.2 Å². The Kier molecular flexibility index (Phi) is 8.03. The molecule has 11 aromatic rings. The average molecular weight is 906 g/mol. The molecule has 11 rings (SSSR count). The van der Waals surface area contributed by atoms with Crippen LogP contribution >= 0.6 is 0 Å². The summed E-state index contributed by atoms with van der Waals surface area (Å²) >= 11 is 0. The number of hydrogen-bond donors (Lipinski definition) is 0. The first-order valence-corrected chi connectivity index (χ1v) is 18.1. The predicted octanol–water partition coefficient (Wildman–Crippen LogP) is 13.4. The molecule has 0 aliphatic rings. The molecule has 0 atom stereocenters. The molecule has 0 N–H and O–H groups in total. The Bertz CT molecular complexity index is 3310. The summed E-state index contributed by atoms with van der Waals surface area (Å²) in [6.07, 6.45) is 3.27. The SMILES string of the molecule is CC(C)(c1ccccc1)c1ccnc(-c2[c-]cc3oc4ccc5c6ccccc6oc5c4c3c2)c1.[2H]C([2H])([2H])c1ccc(-c2[c-]ccc3c2oc2ccccc23)nc1.[Ir]. The van der Waals surface area contributed by atoms with Gasteiger partial charge in [-0.2, -0.15) is 0 Å². The smallest absolute Gasteiger partial charge is 0.145 e. The maximum atomic E-state index is 7.42. The first-order valence-electron chi connectivity index (χ1n) is 19.6. The number of para-hydroxylation sites is 2. The van der Waals surface area contributed by atoms with Crippen molar-refractivity contribution in [2.45, 2.75) is 26.1 Å². The summed E-state index contributed by atoms with van der Waals surface area (Å²) in [6, 6.07) is 52.6. The summed E-state index contributed by atoms with van der Waals surface area (Å²) in [4.78, 5) is 8.98. The van der Waals surface area contributed by atoms with Crippen LogP contribution in [0.3, 0.4) is 0 Å². The number of rotatable bonds is 4. The first-order chi connectivity index (χ1) is 28.1. The molecule has 1 radical (unpaired) electrons. The van der Waals surface area contributed by atoms with Crippen LogP contribution < -0.4 is 0 Å². The molecule has 0 amide bonds. The van der Waals surface area contributed by atoms with E-state index in [0.29, 0.717) is 11.3 Å². The molecule has 5 heterocycles. The van der Waals surface area contributed by atoms with Crippen molar-refractivity contribution in [2.75, 3.05) is 0 Å². The number of hydrogen-bond acceptors (Lipinski definition) is 5. The van der Waals surface area contributed by atoms with Crippen molar-refractivity contribution in [3.05, 3.63) is 181 Å². The van der Waals surface area contributed by atoms with Crippen LogP contribution in [0.25, 0.3) is 88.3 Å². The normalized spacial score (nSPS) is 12.7. The van der Waals surface area contributed by atoms with Crippen molar-refractivity contribution in [3.8, 4) is 22.5 Å². The second-order valence-corrected chi connectivity index (χ2v) is 14.2. The van der Waals surface area contributed by atoms with E-state index < -0.39 is 6.85 Å². The third-order valence-electron chi connectivity index (χ3n) is 10.5. The molecule has 0 saturated carbocycles. The Morgan fingerprint density at radius 2 is 1.30 bits per heavy atom. The zero-order valence-corrected chi connectivity index (χ0v) is 32.8. The fourth-order valence-corrected chi connectivity index (χ4v) is 7.55. The third kappa shape index (κ3) is 5.99. The van der Waals surface area contributed by atoms with Crippen molar-refractivity contribution >= 4 is 65.8 Å². The second-order valence-electron chi connectivity index (χ2n) is 14.2. The van der Waals surface area contributed by atoms with E-state index >= 15 is 0 Å². The maximum Gasteiger partial charge on any atom is 0.145 e. The summed E-state index contributed by atoms with van der Waals surface area (Å²) in [7, 11) is 0. The van der Waals surface area contributed by atoms with Gasteiger partial charge in [0.2, 0.25) is 0 Å². The largest absolute Gasteiger partial charge is 0.501 e. The summed E-state index contributed by atoms with van der Waals surface area (Å²) in [6.45, 7) is 2.34. The minimum absolute atomic E-state index is 0. The van der Waals surface area contributed by atoms with Gasteiger partial charge in [-0.15, -0.1) is 42.0 Å². The third-order valence-corrected chi connectivity index (χ3v) is 10.5.